The van der Waals surface area contributed by atoms with Crippen molar-refractivity contribution >= 4 is 5.91 Å². The highest BCUT2D eigenvalue weighted by molar-refractivity contribution is 5.73. The van der Waals surface area contributed by atoms with Gasteiger partial charge in [0.25, 0.3) is 10.9 Å². The van der Waals surface area contributed by atoms with E-state index in [0.717, 1.165) is 43.4 Å². The molecule has 0 heterocycles. The molecule has 3 unspecified atom stereocenters. The maximum atomic E-state index is 12.0. The molecule has 2 aromatic carbocycles. The van der Waals surface area contributed by atoms with Crippen LogP contribution < -0.4 is 19.5 Å². The van der Waals surface area contributed by atoms with E-state index in [0.29, 0.717) is 36.6 Å². The van der Waals surface area contributed by atoms with E-state index in [1.54, 1.807) is 48.0 Å². The molecule has 0 bridgehead atoms. The van der Waals surface area contributed by atoms with E-state index < -0.39 is 27.7 Å². The fourth-order valence-corrected chi connectivity index (χ4v) is 7.32. The molecule has 0 spiro atoms. The van der Waals surface area contributed by atoms with Crippen LogP contribution in [0.15, 0.2) is 42.5 Å². The van der Waals surface area contributed by atoms with E-state index in [1.165, 1.54) is 58.3 Å². The lowest BCUT2D eigenvalue weighted by Gasteiger charge is -2.46. The predicted octanol–water partition coefficient (Wildman–Crippen LogP) is 9.58. The topological polar surface area (TPSA) is 136 Å². The average molecular weight is 753 g/mol. The Morgan fingerprint density at radius 3 is 2.04 bits per heavy atom. The third kappa shape index (κ3) is 14.0. The first-order chi connectivity index (χ1) is 25.7. The summed E-state index contributed by atoms with van der Waals surface area (Å²) in [6, 6.07) is 15.2. The molecule has 11 heteroatoms. The van der Waals surface area contributed by atoms with Gasteiger partial charge in [0.1, 0.15) is 5.75 Å². The number of benzene rings is 2. The van der Waals surface area contributed by atoms with Gasteiger partial charge in [-0.15, -0.1) is 10.1 Å². The number of likely N-dealkylation sites (N-methyl/N-ethyl adjacent to an activating group) is 1. The number of carbonyl (C=O) groups excluding carboxylic acids is 1. The van der Waals surface area contributed by atoms with Gasteiger partial charge in [0.2, 0.25) is 5.91 Å². The fourth-order valence-electron chi connectivity index (χ4n) is 7.32. The van der Waals surface area contributed by atoms with Gasteiger partial charge in [-0.2, -0.15) is 5.26 Å². The number of methoxy groups -OCH3 is 2. The maximum absolute atomic E-state index is 12.0. The van der Waals surface area contributed by atoms with Crippen LogP contribution in [0.4, 0.5) is 0 Å². The summed E-state index contributed by atoms with van der Waals surface area (Å²) >= 11 is 0. The van der Waals surface area contributed by atoms with Crippen molar-refractivity contribution in [3.8, 4) is 23.3 Å². The van der Waals surface area contributed by atoms with Crippen molar-refractivity contribution < 1.29 is 28.9 Å². The van der Waals surface area contributed by atoms with Gasteiger partial charge in [0.05, 0.1) is 31.7 Å². The summed E-state index contributed by atoms with van der Waals surface area (Å²) in [6.07, 6.45) is 15.3. The Hall–Kier alpha value is -4.04. The summed E-state index contributed by atoms with van der Waals surface area (Å²) in [5.74, 6) is -0.431. The zero-order valence-corrected chi connectivity index (χ0v) is 34.6. The van der Waals surface area contributed by atoms with Crippen molar-refractivity contribution in [1.29, 1.82) is 5.26 Å². The molecule has 0 saturated carbocycles. The number of unbranched alkanes of at least 4 members (excludes halogenated alkanes) is 9. The normalized spacial score (nSPS) is 14.3. The Bertz CT molecular complexity index is 1470. The molecule has 0 fully saturated rings. The summed E-state index contributed by atoms with van der Waals surface area (Å²) in [5, 5.41) is 24.4. The Balaban J connectivity index is 2.16. The second kappa shape index (κ2) is 23.0. The molecule has 1 amide bonds. The lowest BCUT2D eigenvalue weighted by molar-refractivity contribution is -0.800. The Morgan fingerprint density at radius 1 is 0.889 bits per heavy atom. The highest BCUT2D eigenvalue weighted by Gasteiger charge is 2.54. The van der Waals surface area contributed by atoms with Crippen LogP contribution in [0.1, 0.15) is 136 Å². The zero-order valence-electron chi connectivity index (χ0n) is 34.6. The van der Waals surface area contributed by atoms with E-state index >= 15 is 0 Å². The smallest absolute Gasteiger partial charge is 0.298 e. The van der Waals surface area contributed by atoms with Gasteiger partial charge in [-0.3, -0.25) is 9.63 Å². The first kappa shape index (κ1) is 46.1. The maximum Gasteiger partial charge on any atom is 0.298 e. The molecule has 0 aliphatic heterocycles. The van der Waals surface area contributed by atoms with Gasteiger partial charge >= 0.3 is 0 Å². The second-order valence-electron chi connectivity index (χ2n) is 15.7. The van der Waals surface area contributed by atoms with Gasteiger partial charge in [0, 0.05) is 18.9 Å². The van der Waals surface area contributed by atoms with E-state index in [1.807, 2.05) is 36.4 Å². The van der Waals surface area contributed by atoms with Crippen LogP contribution in [-0.4, -0.2) is 62.1 Å². The van der Waals surface area contributed by atoms with Crippen molar-refractivity contribution in [2.45, 2.75) is 149 Å². The third-order valence-corrected chi connectivity index (χ3v) is 10.5. The molecule has 54 heavy (non-hydrogen) atoms. The van der Waals surface area contributed by atoms with Crippen molar-refractivity contribution in [1.82, 2.24) is 10.2 Å². The van der Waals surface area contributed by atoms with Gasteiger partial charge in [-0.25, -0.2) is 0 Å². The molecule has 0 saturated heterocycles. The number of hydrogen-bond acceptors (Lipinski definition) is 9. The number of carbonyl (C=O) groups is 1. The minimum Gasteiger partial charge on any atom is -0.493 e. The molecule has 0 aromatic heterocycles. The number of nitrogens with zero attached hydrogens (tertiary/aromatic N) is 3. The van der Waals surface area contributed by atoms with Crippen LogP contribution in [-0.2, 0) is 21.5 Å². The molecule has 0 aliphatic rings. The third-order valence-electron chi connectivity index (χ3n) is 10.5. The molecule has 3 atom stereocenters. The molecule has 2 rings (SSSR count). The largest absolute Gasteiger partial charge is 0.493 e. The molecule has 0 radical (unpaired) electrons. The number of nitrogens with one attached hydrogen (secondary N) is 1. The van der Waals surface area contributed by atoms with Crippen molar-refractivity contribution in [2.75, 3.05) is 34.4 Å². The summed E-state index contributed by atoms with van der Waals surface area (Å²) in [6.45, 7) is 12.1. The fraction of sp³-hybridized carbons (Fsp3) is 0.674. The predicted molar refractivity (Wildman–Crippen MR) is 214 cm³/mol. The summed E-state index contributed by atoms with van der Waals surface area (Å²) in [4.78, 5) is 31.4. The van der Waals surface area contributed by atoms with Crippen molar-refractivity contribution in [3.05, 3.63) is 63.7 Å². The molecular formula is C43H68N4O7. The van der Waals surface area contributed by atoms with Crippen LogP contribution in [0, 0.1) is 26.9 Å². The molecule has 2 aromatic rings. The van der Waals surface area contributed by atoms with Crippen molar-refractivity contribution in [3.63, 3.8) is 0 Å². The quantitative estimate of drug-likeness (QED) is 0.0409. The minimum absolute atomic E-state index is 0.350. The van der Waals surface area contributed by atoms with Crippen LogP contribution in [0.3, 0.4) is 0 Å². The number of para-hydroxylation sites is 1. The van der Waals surface area contributed by atoms with Crippen LogP contribution in [0.25, 0.3) is 0 Å². The Kier molecular flexibility index (Phi) is 19.6. The molecule has 302 valence electrons. The first-order valence-corrected chi connectivity index (χ1v) is 19.9. The van der Waals surface area contributed by atoms with E-state index in [9.17, 15) is 20.2 Å². The van der Waals surface area contributed by atoms with E-state index in [2.05, 4.69) is 30.3 Å². The summed E-state index contributed by atoms with van der Waals surface area (Å²) in [5.41, 5.74) is 0.261. The van der Waals surface area contributed by atoms with Crippen LogP contribution >= 0.6 is 0 Å². The summed E-state index contributed by atoms with van der Waals surface area (Å²) < 4.78 is 17.6. The summed E-state index contributed by atoms with van der Waals surface area (Å²) in [7, 11) is 5.30. The molecule has 1 N–H and O–H groups in total. The molecule has 11 nitrogen and oxygen atoms in total. The molecule has 0 aliphatic carbocycles. The number of hydrogen-bond donors (Lipinski definition) is 1. The number of ether oxygens (including phenoxy) is 3. The minimum atomic E-state index is -1.80. The van der Waals surface area contributed by atoms with Gasteiger partial charge in [0.15, 0.2) is 11.5 Å². The van der Waals surface area contributed by atoms with Gasteiger partial charge < -0.3 is 24.4 Å². The zero-order chi connectivity index (χ0) is 40.2. The highest BCUT2D eigenvalue weighted by atomic mass is 17.0. The lowest BCUT2D eigenvalue weighted by Crippen LogP contribution is -2.64. The van der Waals surface area contributed by atoms with Crippen LogP contribution in [0.2, 0.25) is 0 Å². The number of rotatable bonds is 27. The van der Waals surface area contributed by atoms with Gasteiger partial charge in [-0.05, 0) is 75.5 Å². The number of nitriles is 1. The van der Waals surface area contributed by atoms with Crippen molar-refractivity contribution in [2.24, 2.45) is 5.41 Å². The number of amides is 1. The van der Waals surface area contributed by atoms with E-state index in [4.69, 9.17) is 19.0 Å². The standard InChI is InChI=1S/C43H68N4O7/c1-10-11-12-13-14-15-16-17-18-21-28-42(33-44,37-25-26-39(51-8)40(32-37)52-9)29-22-30-46(7)31-27-36-23-19-20-24-38(36)53-43(41(4,5)6,54-47(49)50)34(2)45-35(3)48/h19-20,23-26,32,34H,10-18,21-22,27-31H2,1-9H3,(H,45,48). The monoisotopic (exact) mass is 753 g/mol. The molecular weight excluding hydrogens is 684 g/mol. The van der Waals surface area contributed by atoms with E-state index in [-0.39, 0.29) is 5.91 Å². The highest BCUT2D eigenvalue weighted by Crippen LogP contribution is 2.41. The SMILES string of the molecule is CCCCCCCCCCCCC(C#N)(CCCN(C)CCc1ccccc1OC(O[N+](=O)[O-])(C(C)NC(C)=O)C(C)(C)C)c1ccc(OC)c(OC)c1. The second-order valence-corrected chi connectivity index (χ2v) is 15.7. The Morgan fingerprint density at radius 2 is 1.48 bits per heavy atom. The first-order valence-electron chi connectivity index (χ1n) is 19.9. The average Bonchev–Trinajstić information content (AvgIpc) is 3.12. The van der Waals surface area contributed by atoms with Crippen LogP contribution in [0.5, 0.6) is 17.2 Å². The lowest BCUT2D eigenvalue weighted by atomic mass is 9.74. The Labute approximate surface area is 325 Å². The van der Waals surface area contributed by atoms with Gasteiger partial charge in [-0.1, -0.05) is 116 Å².